The van der Waals surface area contributed by atoms with Crippen LogP contribution in [0.5, 0.6) is 0 Å². The Bertz CT molecular complexity index is 1280. The van der Waals surface area contributed by atoms with Gasteiger partial charge in [0.25, 0.3) is 0 Å². The van der Waals surface area contributed by atoms with Crippen LogP contribution in [-0.2, 0) is 14.6 Å². The molecule has 1 aromatic carbocycles. The van der Waals surface area contributed by atoms with E-state index in [1.165, 1.54) is 12.6 Å². The van der Waals surface area contributed by atoms with Crippen LogP contribution in [0.4, 0.5) is 16.3 Å². The van der Waals surface area contributed by atoms with Crippen LogP contribution in [-0.4, -0.2) is 59.1 Å². The summed E-state index contributed by atoms with van der Waals surface area (Å²) in [5, 5.41) is 10.8. The fraction of sp³-hybridized carbons (Fsp3) is 0.500. The first-order chi connectivity index (χ1) is 16.5. The van der Waals surface area contributed by atoms with Crippen molar-refractivity contribution in [3.05, 3.63) is 36.8 Å². The highest BCUT2D eigenvalue weighted by Gasteiger charge is 2.27. The zero-order valence-electron chi connectivity index (χ0n) is 20.5. The van der Waals surface area contributed by atoms with Crippen molar-refractivity contribution < 1.29 is 17.9 Å². The summed E-state index contributed by atoms with van der Waals surface area (Å²) < 4.78 is 29.3. The van der Waals surface area contributed by atoms with Gasteiger partial charge in [-0.2, -0.15) is 5.10 Å². The van der Waals surface area contributed by atoms with Crippen molar-refractivity contribution in [2.75, 3.05) is 17.7 Å². The zero-order chi connectivity index (χ0) is 25.2. The van der Waals surface area contributed by atoms with Crippen LogP contribution in [0, 0.1) is 5.92 Å². The molecule has 1 fully saturated rings. The predicted molar refractivity (Wildman–Crippen MR) is 133 cm³/mol. The fourth-order valence-electron chi connectivity index (χ4n) is 4.38. The van der Waals surface area contributed by atoms with E-state index in [1.54, 1.807) is 30.5 Å². The number of aromatic amines is 1. The number of anilines is 2. The molecule has 0 spiro atoms. The van der Waals surface area contributed by atoms with Gasteiger partial charge in [0.1, 0.15) is 17.7 Å². The largest absolute Gasteiger partial charge is 0.444 e. The van der Waals surface area contributed by atoms with Crippen molar-refractivity contribution in [1.29, 1.82) is 0 Å². The Balaban J connectivity index is 1.51. The quantitative estimate of drug-likeness (QED) is 0.520. The Morgan fingerprint density at radius 3 is 2.46 bits per heavy atom. The Kier molecular flexibility index (Phi) is 6.98. The van der Waals surface area contributed by atoms with Gasteiger partial charge in [-0.05, 0) is 76.6 Å². The van der Waals surface area contributed by atoms with Crippen molar-refractivity contribution in [2.45, 2.75) is 63.0 Å². The summed E-state index contributed by atoms with van der Waals surface area (Å²) in [6.07, 6.45) is 7.58. The van der Waals surface area contributed by atoms with Crippen molar-refractivity contribution >= 4 is 38.5 Å². The van der Waals surface area contributed by atoms with Gasteiger partial charge in [-0.15, -0.1) is 0 Å². The summed E-state index contributed by atoms with van der Waals surface area (Å²) in [4.78, 5) is 23.3. The Morgan fingerprint density at radius 1 is 1.14 bits per heavy atom. The van der Waals surface area contributed by atoms with Crippen molar-refractivity contribution in [1.82, 2.24) is 25.5 Å². The monoisotopic (exact) mass is 500 g/mol. The first-order valence-corrected chi connectivity index (χ1v) is 13.6. The fourth-order valence-corrected chi connectivity index (χ4v) is 5.01. The number of ether oxygens (including phenoxy) is 1. The first kappa shape index (κ1) is 24.9. The maximum absolute atomic E-state index is 12.1. The number of alkyl carbamates (subject to hydrolysis) is 1. The average Bonchev–Trinajstić information content (AvgIpc) is 3.26. The van der Waals surface area contributed by atoms with Gasteiger partial charge < -0.3 is 15.0 Å². The minimum Gasteiger partial charge on any atom is -0.444 e. The second-order valence-corrected chi connectivity index (χ2v) is 12.1. The minimum absolute atomic E-state index is 0.0863. The van der Waals surface area contributed by atoms with Gasteiger partial charge in [0.05, 0.1) is 16.5 Å². The van der Waals surface area contributed by atoms with E-state index in [4.69, 9.17) is 4.74 Å². The molecule has 1 aliphatic rings. The van der Waals surface area contributed by atoms with Gasteiger partial charge in [0, 0.05) is 24.5 Å². The lowest BCUT2D eigenvalue weighted by Crippen LogP contribution is -2.41. The Morgan fingerprint density at radius 2 is 1.83 bits per heavy atom. The van der Waals surface area contributed by atoms with Crippen LogP contribution in [0.3, 0.4) is 0 Å². The summed E-state index contributed by atoms with van der Waals surface area (Å²) in [7, 11) is -3.29. The van der Waals surface area contributed by atoms with Gasteiger partial charge in [-0.1, -0.05) is 0 Å². The number of carbonyl (C=O) groups is 1. The van der Waals surface area contributed by atoms with Crippen LogP contribution in [0.25, 0.3) is 11.0 Å². The highest BCUT2D eigenvalue weighted by molar-refractivity contribution is 7.90. The standard InChI is InChI=1S/C24H32N6O4S/c1-24(2,3)34-23(31)28-17-7-5-16(6-8-17)14-30(18-9-11-19(12-10-18)35(4,32)33)22-20-13-27-29-21(20)25-15-26-22/h9-13,15-17H,5-8,14H2,1-4H3,(H,28,31)(H,25,26,27,29). The molecule has 188 valence electrons. The molecule has 0 radical (unpaired) electrons. The number of aromatic nitrogens is 4. The van der Waals surface area contributed by atoms with Gasteiger partial charge in [0.15, 0.2) is 15.5 Å². The van der Waals surface area contributed by atoms with Crippen LogP contribution in [0.15, 0.2) is 41.7 Å². The minimum atomic E-state index is -3.29. The molecule has 1 amide bonds. The summed E-state index contributed by atoms with van der Waals surface area (Å²) in [5.41, 5.74) is 0.954. The van der Waals surface area contributed by atoms with E-state index in [-0.39, 0.29) is 17.0 Å². The molecule has 4 rings (SSSR count). The van der Waals surface area contributed by atoms with E-state index in [2.05, 4.69) is 30.4 Å². The molecule has 0 aliphatic heterocycles. The predicted octanol–water partition coefficient (Wildman–Crippen LogP) is 3.98. The Hall–Kier alpha value is -3.21. The smallest absolute Gasteiger partial charge is 0.407 e. The summed E-state index contributed by atoms with van der Waals surface area (Å²) in [5.74, 6) is 1.07. The number of benzene rings is 1. The maximum atomic E-state index is 12.1. The van der Waals surface area contributed by atoms with Crippen LogP contribution in [0.2, 0.25) is 0 Å². The van der Waals surface area contributed by atoms with E-state index in [1.807, 2.05) is 20.8 Å². The van der Waals surface area contributed by atoms with E-state index >= 15 is 0 Å². The number of nitrogens with zero attached hydrogens (tertiary/aromatic N) is 4. The number of fused-ring (bicyclic) bond motifs is 1. The average molecular weight is 501 g/mol. The number of nitrogens with one attached hydrogen (secondary N) is 2. The molecule has 11 heteroatoms. The van der Waals surface area contributed by atoms with E-state index in [0.717, 1.165) is 36.8 Å². The second kappa shape index (κ2) is 9.80. The molecule has 2 heterocycles. The lowest BCUT2D eigenvalue weighted by Gasteiger charge is -2.34. The highest BCUT2D eigenvalue weighted by atomic mass is 32.2. The molecule has 3 aromatic rings. The Labute approximate surface area is 205 Å². The zero-order valence-corrected chi connectivity index (χ0v) is 21.3. The highest BCUT2D eigenvalue weighted by Crippen LogP contribution is 2.34. The number of hydrogen-bond acceptors (Lipinski definition) is 8. The van der Waals surface area contributed by atoms with Gasteiger partial charge in [-0.3, -0.25) is 5.10 Å². The maximum Gasteiger partial charge on any atom is 0.407 e. The summed E-state index contributed by atoms with van der Waals surface area (Å²) >= 11 is 0. The topological polar surface area (TPSA) is 130 Å². The third kappa shape index (κ3) is 6.27. The molecular formula is C24H32N6O4S. The SMILES string of the molecule is CC(C)(C)OC(=O)NC1CCC(CN(c2ccc(S(C)(=O)=O)cc2)c2ncnc3[nH]ncc23)CC1. The molecule has 0 unspecified atom stereocenters. The lowest BCUT2D eigenvalue weighted by molar-refractivity contribution is 0.0488. The summed E-state index contributed by atoms with van der Waals surface area (Å²) in [6.45, 7) is 6.24. The van der Waals surface area contributed by atoms with Crippen LogP contribution in [0.1, 0.15) is 46.5 Å². The lowest BCUT2D eigenvalue weighted by atomic mass is 9.85. The molecule has 2 aromatic heterocycles. The molecule has 0 atom stereocenters. The number of carbonyl (C=O) groups excluding carboxylic acids is 1. The first-order valence-electron chi connectivity index (χ1n) is 11.7. The van der Waals surface area contributed by atoms with Gasteiger partial charge in [0.2, 0.25) is 0 Å². The molecule has 1 aliphatic carbocycles. The van der Waals surface area contributed by atoms with E-state index in [0.29, 0.717) is 23.9 Å². The van der Waals surface area contributed by atoms with Crippen molar-refractivity contribution in [3.8, 4) is 0 Å². The number of sulfone groups is 1. The van der Waals surface area contributed by atoms with E-state index < -0.39 is 15.4 Å². The molecule has 0 bridgehead atoms. The van der Waals surface area contributed by atoms with E-state index in [9.17, 15) is 13.2 Å². The summed E-state index contributed by atoms with van der Waals surface area (Å²) in [6, 6.07) is 6.93. The third-order valence-corrected chi connectivity index (χ3v) is 7.20. The van der Waals surface area contributed by atoms with Crippen LogP contribution < -0.4 is 10.2 Å². The number of hydrogen-bond donors (Lipinski definition) is 2. The normalized spacial score (nSPS) is 18.9. The molecule has 0 saturated heterocycles. The molecule has 10 nitrogen and oxygen atoms in total. The number of rotatable bonds is 6. The second-order valence-electron chi connectivity index (χ2n) is 10.1. The molecular weight excluding hydrogens is 468 g/mol. The van der Waals surface area contributed by atoms with Crippen LogP contribution >= 0.6 is 0 Å². The molecule has 35 heavy (non-hydrogen) atoms. The molecule has 2 N–H and O–H groups in total. The third-order valence-electron chi connectivity index (χ3n) is 6.07. The molecule has 1 saturated carbocycles. The number of amides is 1. The van der Waals surface area contributed by atoms with Gasteiger partial charge in [-0.25, -0.2) is 23.2 Å². The number of H-pyrrole nitrogens is 1. The van der Waals surface area contributed by atoms with Crippen molar-refractivity contribution in [2.24, 2.45) is 5.92 Å². The van der Waals surface area contributed by atoms with Gasteiger partial charge >= 0.3 is 6.09 Å². The van der Waals surface area contributed by atoms with Crippen molar-refractivity contribution in [3.63, 3.8) is 0 Å².